The first-order chi connectivity index (χ1) is 7.56. The number of unbranched alkanes of at least 4 members (excludes halogenated alkanes) is 1. The van der Waals surface area contributed by atoms with Crippen LogP contribution in [0.5, 0.6) is 0 Å². The Bertz CT molecular complexity index is 176. The molecule has 16 heavy (non-hydrogen) atoms. The maximum Gasteiger partial charge on any atom is 0.305 e. The first-order valence-corrected chi connectivity index (χ1v) is 6.71. The summed E-state index contributed by atoms with van der Waals surface area (Å²) in [5.41, 5.74) is 0. The molecule has 0 aromatic carbocycles. The molecule has 0 aromatic heterocycles. The predicted octanol–water partition coefficient (Wildman–Crippen LogP) is 4.18. The molecule has 0 aromatic rings. The van der Waals surface area contributed by atoms with Crippen LogP contribution in [0.1, 0.15) is 66.2 Å². The third-order valence-electron chi connectivity index (χ3n) is 2.71. The first-order valence-electron chi connectivity index (χ1n) is 6.71. The Morgan fingerprint density at radius 2 is 1.75 bits per heavy atom. The molecular weight excluding hydrogens is 200 g/mol. The van der Waals surface area contributed by atoms with E-state index in [-0.39, 0.29) is 5.97 Å². The molecule has 0 saturated carbocycles. The number of rotatable bonds is 9. The van der Waals surface area contributed by atoms with E-state index < -0.39 is 0 Å². The number of ether oxygens (including phenoxy) is 1. The van der Waals surface area contributed by atoms with Crippen LogP contribution in [-0.2, 0) is 9.53 Å². The zero-order valence-electron chi connectivity index (χ0n) is 11.4. The van der Waals surface area contributed by atoms with Crippen molar-refractivity contribution in [2.45, 2.75) is 66.2 Å². The summed E-state index contributed by atoms with van der Waals surface area (Å²) < 4.78 is 5.18. The van der Waals surface area contributed by atoms with Gasteiger partial charge in [-0.1, -0.05) is 47.0 Å². The molecule has 0 fully saturated rings. The summed E-state index contributed by atoms with van der Waals surface area (Å²) in [6.07, 6.45) is 6.46. The van der Waals surface area contributed by atoms with Crippen molar-refractivity contribution in [2.75, 3.05) is 6.61 Å². The fraction of sp³-hybridized carbons (Fsp3) is 0.929. The summed E-state index contributed by atoms with van der Waals surface area (Å²) in [6.45, 7) is 9.28. The lowest BCUT2D eigenvalue weighted by Crippen LogP contribution is -2.11. The molecule has 0 amide bonds. The summed E-state index contributed by atoms with van der Waals surface area (Å²) in [7, 11) is 0. The van der Waals surface area contributed by atoms with E-state index in [1.54, 1.807) is 0 Å². The van der Waals surface area contributed by atoms with E-state index in [1.165, 1.54) is 25.7 Å². The van der Waals surface area contributed by atoms with Crippen LogP contribution in [0.2, 0.25) is 0 Å². The van der Waals surface area contributed by atoms with Crippen LogP contribution in [0.25, 0.3) is 0 Å². The zero-order valence-corrected chi connectivity index (χ0v) is 11.4. The SMILES string of the molecule is CCCC(=O)OCC(C)CCCCC(C)C. The van der Waals surface area contributed by atoms with Crippen molar-refractivity contribution in [2.24, 2.45) is 11.8 Å². The molecule has 2 heteroatoms. The van der Waals surface area contributed by atoms with Crippen molar-refractivity contribution in [3.05, 3.63) is 0 Å². The van der Waals surface area contributed by atoms with Crippen LogP contribution in [0.4, 0.5) is 0 Å². The summed E-state index contributed by atoms with van der Waals surface area (Å²) in [5.74, 6) is 1.27. The van der Waals surface area contributed by atoms with Gasteiger partial charge in [-0.2, -0.15) is 0 Å². The van der Waals surface area contributed by atoms with Gasteiger partial charge in [0.1, 0.15) is 0 Å². The Labute approximate surface area is 101 Å². The van der Waals surface area contributed by atoms with Crippen LogP contribution in [0, 0.1) is 11.8 Å². The summed E-state index contributed by atoms with van der Waals surface area (Å²) in [5, 5.41) is 0. The van der Waals surface area contributed by atoms with Crippen LogP contribution >= 0.6 is 0 Å². The van der Waals surface area contributed by atoms with E-state index in [0.29, 0.717) is 18.9 Å². The maximum atomic E-state index is 11.1. The fourth-order valence-electron chi connectivity index (χ4n) is 1.64. The van der Waals surface area contributed by atoms with Gasteiger partial charge in [0, 0.05) is 6.42 Å². The third kappa shape index (κ3) is 10.0. The molecule has 0 aliphatic carbocycles. The van der Waals surface area contributed by atoms with E-state index in [9.17, 15) is 4.79 Å². The fourth-order valence-corrected chi connectivity index (χ4v) is 1.64. The number of carbonyl (C=O) groups excluding carboxylic acids is 1. The normalized spacial score (nSPS) is 12.8. The Kier molecular flexibility index (Phi) is 9.36. The predicted molar refractivity (Wildman–Crippen MR) is 68.3 cm³/mol. The van der Waals surface area contributed by atoms with Gasteiger partial charge >= 0.3 is 5.97 Å². The highest BCUT2D eigenvalue weighted by molar-refractivity contribution is 5.69. The first kappa shape index (κ1) is 15.5. The number of hydrogen-bond acceptors (Lipinski definition) is 2. The second-order valence-corrected chi connectivity index (χ2v) is 5.22. The number of carbonyl (C=O) groups is 1. The molecule has 96 valence electrons. The highest BCUT2D eigenvalue weighted by atomic mass is 16.5. The van der Waals surface area contributed by atoms with Crippen LogP contribution in [0.3, 0.4) is 0 Å². The minimum atomic E-state index is -0.0449. The summed E-state index contributed by atoms with van der Waals surface area (Å²) >= 11 is 0. The second-order valence-electron chi connectivity index (χ2n) is 5.22. The molecule has 0 aliphatic rings. The maximum absolute atomic E-state index is 11.1. The van der Waals surface area contributed by atoms with Crippen molar-refractivity contribution < 1.29 is 9.53 Å². The Morgan fingerprint density at radius 1 is 1.12 bits per heavy atom. The van der Waals surface area contributed by atoms with Crippen molar-refractivity contribution in [1.29, 1.82) is 0 Å². The van der Waals surface area contributed by atoms with Crippen LogP contribution in [-0.4, -0.2) is 12.6 Å². The molecule has 0 spiro atoms. The van der Waals surface area contributed by atoms with Gasteiger partial charge in [0.05, 0.1) is 6.61 Å². The average molecular weight is 228 g/mol. The highest BCUT2D eigenvalue weighted by Crippen LogP contribution is 2.13. The van der Waals surface area contributed by atoms with Crippen molar-refractivity contribution in [1.82, 2.24) is 0 Å². The van der Waals surface area contributed by atoms with Crippen molar-refractivity contribution in [3.63, 3.8) is 0 Å². The van der Waals surface area contributed by atoms with Gasteiger partial charge in [-0.05, 0) is 24.7 Å². The van der Waals surface area contributed by atoms with E-state index in [0.717, 1.165) is 12.3 Å². The number of esters is 1. The summed E-state index contributed by atoms with van der Waals surface area (Å²) in [4.78, 5) is 11.1. The molecule has 0 aliphatic heterocycles. The standard InChI is InChI=1S/C14H28O2/c1-5-8-14(15)16-11-13(4)10-7-6-9-12(2)3/h12-13H,5-11H2,1-4H3. The monoisotopic (exact) mass is 228 g/mol. The summed E-state index contributed by atoms with van der Waals surface area (Å²) in [6, 6.07) is 0. The minimum Gasteiger partial charge on any atom is -0.465 e. The molecule has 2 nitrogen and oxygen atoms in total. The number of hydrogen-bond donors (Lipinski definition) is 0. The van der Waals surface area contributed by atoms with Crippen molar-refractivity contribution in [3.8, 4) is 0 Å². The molecule has 0 radical (unpaired) electrons. The highest BCUT2D eigenvalue weighted by Gasteiger charge is 2.06. The van der Waals surface area contributed by atoms with E-state index in [1.807, 2.05) is 6.92 Å². The third-order valence-corrected chi connectivity index (χ3v) is 2.71. The molecule has 1 atom stereocenters. The molecule has 0 heterocycles. The van der Waals surface area contributed by atoms with Gasteiger partial charge in [-0.15, -0.1) is 0 Å². The Morgan fingerprint density at radius 3 is 2.31 bits per heavy atom. The van der Waals surface area contributed by atoms with Gasteiger partial charge < -0.3 is 4.74 Å². The lowest BCUT2D eigenvalue weighted by molar-refractivity contribution is -0.144. The zero-order chi connectivity index (χ0) is 12.4. The average Bonchev–Trinajstić information content (AvgIpc) is 2.22. The Hall–Kier alpha value is -0.530. The molecule has 0 saturated heterocycles. The van der Waals surface area contributed by atoms with Gasteiger partial charge in [-0.3, -0.25) is 4.79 Å². The smallest absolute Gasteiger partial charge is 0.305 e. The second kappa shape index (κ2) is 9.68. The topological polar surface area (TPSA) is 26.3 Å². The van der Waals surface area contributed by atoms with Crippen molar-refractivity contribution >= 4 is 5.97 Å². The molecule has 0 rings (SSSR count). The minimum absolute atomic E-state index is 0.0449. The van der Waals surface area contributed by atoms with Gasteiger partial charge in [0.25, 0.3) is 0 Å². The van der Waals surface area contributed by atoms with E-state index >= 15 is 0 Å². The molecule has 1 unspecified atom stereocenters. The molecular formula is C14H28O2. The van der Waals surface area contributed by atoms with Crippen LogP contribution < -0.4 is 0 Å². The van der Waals surface area contributed by atoms with Gasteiger partial charge in [0.2, 0.25) is 0 Å². The molecule has 0 bridgehead atoms. The Balaban J connectivity index is 3.37. The largest absolute Gasteiger partial charge is 0.465 e. The lowest BCUT2D eigenvalue weighted by Gasteiger charge is -2.12. The van der Waals surface area contributed by atoms with E-state index in [4.69, 9.17) is 4.74 Å². The molecule has 0 N–H and O–H groups in total. The van der Waals surface area contributed by atoms with Crippen LogP contribution in [0.15, 0.2) is 0 Å². The quantitative estimate of drug-likeness (QED) is 0.437. The van der Waals surface area contributed by atoms with Gasteiger partial charge in [0.15, 0.2) is 0 Å². The lowest BCUT2D eigenvalue weighted by atomic mass is 10.0. The van der Waals surface area contributed by atoms with Gasteiger partial charge in [-0.25, -0.2) is 0 Å². The van der Waals surface area contributed by atoms with E-state index in [2.05, 4.69) is 20.8 Å².